The SMILES string of the molecule is C=CCn1c(O)c(C2=NN(C(C)=O)[C@@H](c3ccc(OC)c(OC)c3OC)C2)c(=O)[nH]c1=O. The molecule has 1 aromatic carbocycles. The largest absolute Gasteiger partial charge is 0.494 e. The van der Waals surface area contributed by atoms with Gasteiger partial charge in [-0.25, -0.2) is 9.80 Å². The van der Waals surface area contributed by atoms with Gasteiger partial charge in [0.1, 0.15) is 5.56 Å². The summed E-state index contributed by atoms with van der Waals surface area (Å²) in [5, 5.41) is 16.1. The molecule has 1 aliphatic heterocycles. The van der Waals surface area contributed by atoms with Gasteiger partial charge in [0.05, 0.1) is 33.1 Å². The summed E-state index contributed by atoms with van der Waals surface area (Å²) in [6.45, 7) is 4.85. The van der Waals surface area contributed by atoms with Gasteiger partial charge in [-0.15, -0.1) is 6.58 Å². The molecule has 1 atom stereocenters. The van der Waals surface area contributed by atoms with E-state index in [4.69, 9.17) is 14.2 Å². The highest BCUT2D eigenvalue weighted by Crippen LogP contribution is 2.46. The number of allylic oxidation sites excluding steroid dienone is 1. The Morgan fingerprint density at radius 2 is 1.94 bits per heavy atom. The third-order valence-corrected chi connectivity index (χ3v) is 5.10. The van der Waals surface area contributed by atoms with Crippen molar-refractivity contribution >= 4 is 11.6 Å². The van der Waals surface area contributed by atoms with Crippen molar-refractivity contribution in [3.05, 3.63) is 56.8 Å². The number of H-pyrrole nitrogens is 1. The Bertz CT molecular complexity index is 1210. The number of amides is 1. The van der Waals surface area contributed by atoms with Crippen LogP contribution in [0.5, 0.6) is 23.1 Å². The Balaban J connectivity index is 2.16. The number of benzene rings is 1. The smallest absolute Gasteiger partial charge is 0.331 e. The molecule has 1 aromatic heterocycles. The fourth-order valence-electron chi connectivity index (χ4n) is 3.70. The summed E-state index contributed by atoms with van der Waals surface area (Å²) in [6, 6.07) is 2.72. The minimum Gasteiger partial charge on any atom is -0.494 e. The maximum Gasteiger partial charge on any atom is 0.331 e. The molecule has 0 unspecified atom stereocenters. The second-order valence-electron chi connectivity index (χ2n) is 6.91. The fraction of sp³-hybridized carbons (Fsp3) is 0.333. The lowest BCUT2D eigenvalue weighted by Crippen LogP contribution is -2.33. The summed E-state index contributed by atoms with van der Waals surface area (Å²) >= 11 is 0. The van der Waals surface area contributed by atoms with Crippen molar-refractivity contribution < 1.29 is 24.1 Å². The number of hydrogen-bond donors (Lipinski definition) is 2. The van der Waals surface area contributed by atoms with Gasteiger partial charge in [-0.2, -0.15) is 5.10 Å². The lowest BCUT2D eigenvalue weighted by atomic mass is 9.97. The normalized spacial score (nSPS) is 15.3. The van der Waals surface area contributed by atoms with Crippen LogP contribution in [-0.4, -0.2) is 52.6 Å². The number of aromatic amines is 1. The molecule has 0 aliphatic carbocycles. The number of ether oxygens (including phenoxy) is 3. The lowest BCUT2D eigenvalue weighted by Gasteiger charge is -2.24. The first-order chi connectivity index (χ1) is 15.3. The molecule has 0 radical (unpaired) electrons. The van der Waals surface area contributed by atoms with Gasteiger partial charge >= 0.3 is 5.69 Å². The number of carbonyl (C=O) groups is 1. The van der Waals surface area contributed by atoms with Crippen molar-refractivity contribution in [1.29, 1.82) is 0 Å². The van der Waals surface area contributed by atoms with E-state index >= 15 is 0 Å². The van der Waals surface area contributed by atoms with Gasteiger partial charge < -0.3 is 19.3 Å². The number of aromatic nitrogens is 2. The maximum absolute atomic E-state index is 12.5. The van der Waals surface area contributed by atoms with Crippen molar-refractivity contribution in [1.82, 2.24) is 14.6 Å². The van der Waals surface area contributed by atoms with E-state index in [1.807, 2.05) is 0 Å². The molecular formula is C21H24N4O7. The second kappa shape index (κ2) is 9.00. The Hall–Kier alpha value is -4.02. The molecule has 3 rings (SSSR count). The van der Waals surface area contributed by atoms with Crippen molar-refractivity contribution in [3.63, 3.8) is 0 Å². The summed E-state index contributed by atoms with van der Waals surface area (Å²) in [5.74, 6) is 0.171. The first-order valence-corrected chi connectivity index (χ1v) is 9.62. The molecule has 2 N–H and O–H groups in total. The molecule has 32 heavy (non-hydrogen) atoms. The number of hydrazone groups is 1. The predicted molar refractivity (Wildman–Crippen MR) is 116 cm³/mol. The van der Waals surface area contributed by atoms with Gasteiger partial charge in [0, 0.05) is 25.5 Å². The van der Waals surface area contributed by atoms with Gasteiger partial charge in [0.15, 0.2) is 11.5 Å². The van der Waals surface area contributed by atoms with Crippen molar-refractivity contribution in [2.24, 2.45) is 5.10 Å². The molecule has 11 nitrogen and oxygen atoms in total. The maximum atomic E-state index is 12.5. The Labute approximate surface area is 183 Å². The molecule has 170 valence electrons. The standard InChI is InChI=1S/C21H24N4O7/c1-6-9-24-20(28)16(19(27)22-21(24)29)13-10-14(25(23-13)11(2)26)12-7-8-15(30-3)18(32-5)17(12)31-4/h6-8,14,28H,1,9-10H2,2-5H3,(H,22,27,29)/t14-/m1/s1. The third-order valence-electron chi connectivity index (χ3n) is 5.10. The van der Waals surface area contributed by atoms with E-state index in [1.165, 1.54) is 39.3 Å². The van der Waals surface area contributed by atoms with E-state index in [1.54, 1.807) is 12.1 Å². The van der Waals surface area contributed by atoms with Crippen molar-refractivity contribution in [2.45, 2.75) is 25.9 Å². The average molecular weight is 444 g/mol. The number of methoxy groups -OCH3 is 3. The Morgan fingerprint density at radius 3 is 2.50 bits per heavy atom. The monoisotopic (exact) mass is 444 g/mol. The molecule has 2 heterocycles. The van der Waals surface area contributed by atoms with Gasteiger partial charge in [0.25, 0.3) is 5.56 Å². The summed E-state index contributed by atoms with van der Waals surface area (Å²) < 4.78 is 17.2. The van der Waals surface area contributed by atoms with Crippen LogP contribution in [0.1, 0.15) is 30.5 Å². The minimum atomic E-state index is -0.810. The molecule has 0 saturated heterocycles. The summed E-state index contributed by atoms with van der Waals surface area (Å²) in [7, 11) is 4.41. The number of rotatable bonds is 7. The molecule has 11 heteroatoms. The molecule has 1 amide bonds. The number of hydrogen-bond acceptors (Lipinski definition) is 8. The molecule has 1 aliphatic rings. The Morgan fingerprint density at radius 1 is 1.25 bits per heavy atom. The molecule has 0 fully saturated rings. The quantitative estimate of drug-likeness (QED) is 0.612. The van der Waals surface area contributed by atoms with Crippen LogP contribution in [0.25, 0.3) is 0 Å². The molecular weight excluding hydrogens is 420 g/mol. The van der Waals surface area contributed by atoms with Crippen LogP contribution in [0.4, 0.5) is 0 Å². The van der Waals surface area contributed by atoms with Crippen molar-refractivity contribution in [3.8, 4) is 23.1 Å². The number of aromatic hydroxyl groups is 1. The molecule has 2 aromatic rings. The lowest BCUT2D eigenvalue weighted by molar-refractivity contribution is -0.130. The summed E-state index contributed by atoms with van der Waals surface area (Å²) in [6.07, 6.45) is 1.48. The zero-order valence-electron chi connectivity index (χ0n) is 18.2. The van der Waals surface area contributed by atoms with Crippen LogP contribution in [0, 0.1) is 0 Å². The predicted octanol–water partition coefficient (Wildman–Crippen LogP) is 1.15. The van der Waals surface area contributed by atoms with Crippen LogP contribution in [-0.2, 0) is 11.3 Å². The highest BCUT2D eigenvalue weighted by atomic mass is 16.5. The van der Waals surface area contributed by atoms with Crippen molar-refractivity contribution in [2.75, 3.05) is 21.3 Å². The van der Waals surface area contributed by atoms with Gasteiger partial charge in [0.2, 0.25) is 17.5 Å². The van der Waals surface area contributed by atoms with Crippen LogP contribution < -0.4 is 25.5 Å². The molecule has 0 bridgehead atoms. The van der Waals surface area contributed by atoms with E-state index < -0.39 is 29.1 Å². The van der Waals surface area contributed by atoms with E-state index in [0.717, 1.165) is 4.57 Å². The van der Waals surface area contributed by atoms with Crippen LogP contribution in [0.2, 0.25) is 0 Å². The van der Waals surface area contributed by atoms with Crippen LogP contribution in [0.3, 0.4) is 0 Å². The molecule has 0 spiro atoms. The van der Waals surface area contributed by atoms with E-state index in [9.17, 15) is 19.5 Å². The average Bonchev–Trinajstić information content (AvgIpc) is 3.20. The van der Waals surface area contributed by atoms with E-state index in [0.29, 0.717) is 22.8 Å². The first-order valence-electron chi connectivity index (χ1n) is 9.62. The number of nitrogens with zero attached hydrogens (tertiary/aromatic N) is 3. The van der Waals surface area contributed by atoms with Gasteiger partial charge in [-0.3, -0.25) is 19.1 Å². The fourth-order valence-corrected chi connectivity index (χ4v) is 3.70. The zero-order chi connectivity index (χ0) is 23.6. The minimum absolute atomic E-state index is 0.0227. The van der Waals surface area contributed by atoms with Gasteiger partial charge in [-0.05, 0) is 12.1 Å². The number of carbonyl (C=O) groups excluding carboxylic acids is 1. The first kappa shape index (κ1) is 22.7. The third kappa shape index (κ3) is 3.72. The topological polar surface area (TPSA) is 135 Å². The van der Waals surface area contributed by atoms with Crippen LogP contribution in [0.15, 0.2) is 39.5 Å². The summed E-state index contributed by atoms with van der Waals surface area (Å²) in [4.78, 5) is 39.1. The van der Waals surface area contributed by atoms with Gasteiger partial charge in [-0.1, -0.05) is 6.08 Å². The zero-order valence-corrected chi connectivity index (χ0v) is 18.2. The number of nitrogens with one attached hydrogen (secondary N) is 1. The molecule has 0 saturated carbocycles. The highest BCUT2D eigenvalue weighted by Gasteiger charge is 2.37. The Kier molecular flexibility index (Phi) is 6.37. The van der Waals surface area contributed by atoms with Crippen LogP contribution >= 0.6 is 0 Å². The van der Waals surface area contributed by atoms with E-state index in [-0.39, 0.29) is 24.2 Å². The second-order valence-corrected chi connectivity index (χ2v) is 6.91. The summed E-state index contributed by atoms with van der Waals surface area (Å²) in [5.41, 5.74) is -1.08. The highest BCUT2D eigenvalue weighted by molar-refractivity contribution is 6.04. The van der Waals surface area contributed by atoms with E-state index in [2.05, 4.69) is 16.7 Å².